The Kier molecular flexibility index (Phi) is 6.61. The van der Waals surface area contributed by atoms with Gasteiger partial charge in [0.05, 0.1) is 7.11 Å². The number of hydrogen-bond acceptors (Lipinski definition) is 6. The second kappa shape index (κ2) is 8.90. The molecule has 0 aromatic carbocycles. The number of nitrogens with zero attached hydrogens (tertiary/aromatic N) is 2. The summed E-state index contributed by atoms with van der Waals surface area (Å²) in [5.41, 5.74) is 2.76. The van der Waals surface area contributed by atoms with Crippen LogP contribution in [0.4, 0.5) is 0 Å². The van der Waals surface area contributed by atoms with E-state index in [4.69, 9.17) is 9.15 Å². The number of furan rings is 1. The molecule has 0 fully saturated rings. The Hall–Kier alpha value is -3.27. The molecule has 0 aliphatic heterocycles. The lowest BCUT2D eigenvalue weighted by Gasteiger charge is -2.07. The van der Waals surface area contributed by atoms with E-state index < -0.39 is 11.9 Å². The molecule has 0 aliphatic rings. The van der Waals surface area contributed by atoms with Gasteiger partial charge in [-0.15, -0.1) is 0 Å². The van der Waals surface area contributed by atoms with Crippen LogP contribution in [0.1, 0.15) is 46.6 Å². The molecule has 0 bridgehead atoms. The van der Waals surface area contributed by atoms with Gasteiger partial charge in [-0.3, -0.25) is 0 Å². The first-order chi connectivity index (χ1) is 12.9. The highest BCUT2D eigenvalue weighted by Crippen LogP contribution is 2.19. The zero-order valence-electron chi connectivity index (χ0n) is 15.9. The molecule has 2 rings (SSSR count). The SMILES string of the molecule is CCCn1c(C)cc(/C=C(\C#N)C(=O)OCc2ccc(C(=O)OC)o2)c1C. The largest absolute Gasteiger partial charge is 0.463 e. The molecular formula is C20H22N2O5. The van der Waals surface area contributed by atoms with Gasteiger partial charge in [-0.25, -0.2) is 9.59 Å². The van der Waals surface area contributed by atoms with Gasteiger partial charge in [0.25, 0.3) is 0 Å². The van der Waals surface area contributed by atoms with Crippen molar-refractivity contribution in [3.63, 3.8) is 0 Å². The third-order valence-electron chi connectivity index (χ3n) is 4.09. The molecule has 0 radical (unpaired) electrons. The molecule has 2 heterocycles. The van der Waals surface area contributed by atoms with Gasteiger partial charge in [-0.1, -0.05) is 6.92 Å². The Morgan fingerprint density at radius 3 is 2.70 bits per heavy atom. The van der Waals surface area contributed by atoms with Crippen molar-refractivity contribution in [2.75, 3.05) is 7.11 Å². The van der Waals surface area contributed by atoms with Crippen molar-refractivity contribution < 1.29 is 23.5 Å². The fraction of sp³-hybridized carbons (Fsp3) is 0.350. The maximum atomic E-state index is 12.2. The van der Waals surface area contributed by atoms with Crippen molar-refractivity contribution in [3.05, 3.63) is 52.2 Å². The number of hydrogen-bond donors (Lipinski definition) is 0. The number of carbonyl (C=O) groups is 2. The van der Waals surface area contributed by atoms with Crippen molar-refractivity contribution >= 4 is 18.0 Å². The molecule has 0 N–H and O–H groups in total. The van der Waals surface area contributed by atoms with Gasteiger partial charge in [0.2, 0.25) is 5.76 Å². The molecule has 0 amide bonds. The number of esters is 2. The molecule has 0 aliphatic carbocycles. The molecule has 7 heteroatoms. The lowest BCUT2D eigenvalue weighted by Crippen LogP contribution is -2.07. The van der Waals surface area contributed by atoms with Crippen LogP contribution < -0.4 is 0 Å². The maximum absolute atomic E-state index is 12.2. The minimum Gasteiger partial charge on any atom is -0.463 e. The van der Waals surface area contributed by atoms with Crippen LogP contribution in [0, 0.1) is 25.2 Å². The first kappa shape index (κ1) is 20.0. The minimum atomic E-state index is -0.756. The average Bonchev–Trinajstić information content (AvgIpc) is 3.24. The van der Waals surface area contributed by atoms with Gasteiger partial charge in [0.15, 0.2) is 0 Å². The van der Waals surface area contributed by atoms with Crippen LogP contribution in [0.3, 0.4) is 0 Å². The fourth-order valence-electron chi connectivity index (χ4n) is 2.71. The molecule has 7 nitrogen and oxygen atoms in total. The molecule has 0 atom stereocenters. The number of methoxy groups -OCH3 is 1. The highest BCUT2D eigenvalue weighted by atomic mass is 16.5. The Bertz CT molecular complexity index is 911. The number of nitriles is 1. The summed E-state index contributed by atoms with van der Waals surface area (Å²) in [6.45, 7) is 6.71. The molecule has 27 heavy (non-hydrogen) atoms. The first-order valence-corrected chi connectivity index (χ1v) is 8.53. The van der Waals surface area contributed by atoms with Crippen molar-refractivity contribution in [3.8, 4) is 6.07 Å². The second-order valence-electron chi connectivity index (χ2n) is 5.98. The average molecular weight is 370 g/mol. The van der Waals surface area contributed by atoms with Crippen LogP contribution in [0.5, 0.6) is 0 Å². The number of aromatic nitrogens is 1. The van der Waals surface area contributed by atoms with Crippen LogP contribution >= 0.6 is 0 Å². The summed E-state index contributed by atoms with van der Waals surface area (Å²) in [6.07, 6.45) is 2.52. The Morgan fingerprint density at radius 2 is 2.07 bits per heavy atom. The quantitative estimate of drug-likeness (QED) is 0.420. The summed E-state index contributed by atoms with van der Waals surface area (Å²) >= 11 is 0. The predicted molar refractivity (Wildman–Crippen MR) is 97.6 cm³/mol. The summed E-state index contributed by atoms with van der Waals surface area (Å²) in [7, 11) is 1.24. The molecule has 2 aromatic heterocycles. The van der Waals surface area contributed by atoms with E-state index in [0.717, 1.165) is 29.9 Å². The van der Waals surface area contributed by atoms with Crippen molar-refractivity contribution in [2.24, 2.45) is 0 Å². The van der Waals surface area contributed by atoms with E-state index in [-0.39, 0.29) is 23.7 Å². The van der Waals surface area contributed by atoms with Crippen LogP contribution in [-0.4, -0.2) is 23.6 Å². The van der Waals surface area contributed by atoms with Crippen molar-refractivity contribution in [1.82, 2.24) is 4.57 Å². The Morgan fingerprint density at radius 1 is 1.33 bits per heavy atom. The first-order valence-electron chi connectivity index (χ1n) is 8.53. The monoisotopic (exact) mass is 370 g/mol. The molecule has 0 saturated carbocycles. The smallest absolute Gasteiger partial charge is 0.373 e. The Labute approximate surface area is 157 Å². The second-order valence-corrected chi connectivity index (χ2v) is 5.98. The fourth-order valence-corrected chi connectivity index (χ4v) is 2.71. The molecule has 0 unspecified atom stereocenters. The normalized spacial score (nSPS) is 11.1. The van der Waals surface area contributed by atoms with E-state index in [1.165, 1.54) is 25.3 Å². The van der Waals surface area contributed by atoms with Crippen molar-refractivity contribution in [2.45, 2.75) is 40.3 Å². The van der Waals surface area contributed by atoms with Gasteiger partial charge in [-0.2, -0.15) is 5.26 Å². The summed E-state index contributed by atoms with van der Waals surface area (Å²) in [4.78, 5) is 23.6. The summed E-state index contributed by atoms with van der Waals surface area (Å²) in [6, 6.07) is 6.75. The van der Waals surface area contributed by atoms with E-state index in [1.54, 1.807) is 0 Å². The minimum absolute atomic E-state index is 0.0166. The van der Waals surface area contributed by atoms with E-state index in [1.807, 2.05) is 26.0 Å². The molecule has 0 spiro atoms. The molecule has 0 saturated heterocycles. The maximum Gasteiger partial charge on any atom is 0.373 e. The van der Waals surface area contributed by atoms with Gasteiger partial charge in [0.1, 0.15) is 24.0 Å². The number of rotatable bonds is 7. The molecule has 2 aromatic rings. The third kappa shape index (κ3) is 4.67. The van der Waals surface area contributed by atoms with Crippen LogP contribution in [0.25, 0.3) is 6.08 Å². The third-order valence-corrected chi connectivity index (χ3v) is 4.09. The van der Waals surface area contributed by atoms with Gasteiger partial charge in [0, 0.05) is 17.9 Å². The number of ether oxygens (including phenoxy) is 2. The van der Waals surface area contributed by atoms with E-state index in [9.17, 15) is 14.9 Å². The summed E-state index contributed by atoms with van der Waals surface area (Å²) in [5, 5.41) is 9.32. The number of carbonyl (C=O) groups excluding carboxylic acids is 2. The van der Waals surface area contributed by atoms with Crippen LogP contribution in [-0.2, 0) is 27.4 Å². The summed E-state index contributed by atoms with van der Waals surface area (Å²) < 4.78 is 17.0. The van der Waals surface area contributed by atoms with Gasteiger partial charge in [-0.05, 0) is 50.1 Å². The molecular weight excluding hydrogens is 348 g/mol. The topological polar surface area (TPSA) is 94.5 Å². The van der Waals surface area contributed by atoms with Gasteiger partial charge < -0.3 is 18.5 Å². The lowest BCUT2D eigenvalue weighted by molar-refractivity contribution is -0.140. The van der Waals surface area contributed by atoms with Crippen molar-refractivity contribution in [1.29, 1.82) is 5.26 Å². The molecule has 142 valence electrons. The lowest BCUT2D eigenvalue weighted by atomic mass is 10.1. The van der Waals surface area contributed by atoms with E-state index in [2.05, 4.69) is 16.2 Å². The predicted octanol–water partition coefficient (Wildman–Crippen LogP) is 3.54. The Balaban J connectivity index is 2.11. The van der Waals surface area contributed by atoms with Gasteiger partial charge >= 0.3 is 11.9 Å². The summed E-state index contributed by atoms with van der Waals surface area (Å²) in [5.74, 6) is -1.08. The zero-order chi connectivity index (χ0) is 20.0. The standard InChI is InChI=1S/C20H22N2O5/c1-5-8-22-13(2)9-15(14(22)3)10-16(11-21)19(23)26-12-17-6-7-18(27-17)20(24)25-4/h6-7,9-10H,5,8,12H2,1-4H3/b16-10+. The zero-order valence-corrected chi connectivity index (χ0v) is 15.9. The van der Waals surface area contributed by atoms with E-state index >= 15 is 0 Å². The highest BCUT2D eigenvalue weighted by molar-refractivity contribution is 5.98. The number of aryl methyl sites for hydroxylation is 1. The van der Waals surface area contributed by atoms with Crippen LogP contribution in [0.2, 0.25) is 0 Å². The van der Waals surface area contributed by atoms with E-state index in [0.29, 0.717) is 0 Å². The highest BCUT2D eigenvalue weighted by Gasteiger charge is 2.16. The van der Waals surface area contributed by atoms with Crippen LogP contribution in [0.15, 0.2) is 28.2 Å².